The Hall–Kier alpha value is -1.45. The van der Waals surface area contributed by atoms with Crippen LogP contribution >= 0.6 is 0 Å². The van der Waals surface area contributed by atoms with Gasteiger partial charge < -0.3 is 10.4 Å². The SMILES string of the molecule is CCC(CO)NCc1cccc2cccnc12. The van der Waals surface area contributed by atoms with E-state index in [2.05, 4.69) is 35.4 Å². The van der Waals surface area contributed by atoms with Crippen molar-refractivity contribution in [3.8, 4) is 0 Å². The van der Waals surface area contributed by atoms with Crippen molar-refractivity contribution < 1.29 is 5.11 Å². The molecule has 0 bridgehead atoms. The van der Waals surface area contributed by atoms with Gasteiger partial charge in [0.2, 0.25) is 0 Å². The van der Waals surface area contributed by atoms with Crippen LogP contribution in [0.3, 0.4) is 0 Å². The molecule has 0 amide bonds. The van der Waals surface area contributed by atoms with Gasteiger partial charge in [-0.2, -0.15) is 0 Å². The number of rotatable bonds is 5. The molecule has 90 valence electrons. The van der Waals surface area contributed by atoms with E-state index in [9.17, 15) is 0 Å². The van der Waals surface area contributed by atoms with E-state index in [0.717, 1.165) is 23.9 Å². The number of aliphatic hydroxyl groups excluding tert-OH is 1. The average molecular weight is 230 g/mol. The van der Waals surface area contributed by atoms with E-state index in [1.54, 1.807) is 0 Å². The Morgan fingerprint density at radius 3 is 2.88 bits per heavy atom. The number of para-hydroxylation sites is 1. The minimum Gasteiger partial charge on any atom is -0.395 e. The van der Waals surface area contributed by atoms with Crippen molar-refractivity contribution in [3.63, 3.8) is 0 Å². The number of hydrogen-bond acceptors (Lipinski definition) is 3. The molecule has 0 aliphatic carbocycles. The lowest BCUT2D eigenvalue weighted by Gasteiger charge is -2.14. The molecular formula is C14H18N2O. The van der Waals surface area contributed by atoms with Crippen molar-refractivity contribution in [3.05, 3.63) is 42.1 Å². The van der Waals surface area contributed by atoms with Crippen molar-refractivity contribution >= 4 is 10.9 Å². The van der Waals surface area contributed by atoms with Crippen molar-refractivity contribution in [2.75, 3.05) is 6.61 Å². The van der Waals surface area contributed by atoms with Crippen LogP contribution in [0.5, 0.6) is 0 Å². The molecule has 2 N–H and O–H groups in total. The first-order valence-electron chi connectivity index (χ1n) is 6.02. The van der Waals surface area contributed by atoms with Crippen molar-refractivity contribution in [2.24, 2.45) is 0 Å². The monoisotopic (exact) mass is 230 g/mol. The highest BCUT2D eigenvalue weighted by atomic mass is 16.3. The Kier molecular flexibility index (Phi) is 4.07. The van der Waals surface area contributed by atoms with Crippen LogP contribution in [0.25, 0.3) is 10.9 Å². The fourth-order valence-corrected chi connectivity index (χ4v) is 1.90. The number of nitrogens with one attached hydrogen (secondary N) is 1. The van der Waals surface area contributed by atoms with Gasteiger partial charge in [-0.15, -0.1) is 0 Å². The summed E-state index contributed by atoms with van der Waals surface area (Å²) in [7, 11) is 0. The van der Waals surface area contributed by atoms with E-state index >= 15 is 0 Å². The third-order valence-electron chi connectivity index (χ3n) is 3.01. The summed E-state index contributed by atoms with van der Waals surface area (Å²) >= 11 is 0. The Labute approximate surface area is 102 Å². The zero-order valence-electron chi connectivity index (χ0n) is 10.1. The van der Waals surface area contributed by atoms with Gasteiger partial charge in [0, 0.05) is 24.2 Å². The Morgan fingerprint density at radius 2 is 2.12 bits per heavy atom. The topological polar surface area (TPSA) is 45.1 Å². The third-order valence-corrected chi connectivity index (χ3v) is 3.01. The molecule has 2 rings (SSSR count). The van der Waals surface area contributed by atoms with Gasteiger partial charge in [-0.25, -0.2) is 0 Å². The lowest BCUT2D eigenvalue weighted by molar-refractivity contribution is 0.238. The molecule has 17 heavy (non-hydrogen) atoms. The number of nitrogens with zero attached hydrogens (tertiary/aromatic N) is 1. The van der Waals surface area contributed by atoms with Crippen LogP contribution in [0.15, 0.2) is 36.5 Å². The smallest absolute Gasteiger partial charge is 0.0746 e. The van der Waals surface area contributed by atoms with Crippen LogP contribution in [0.2, 0.25) is 0 Å². The molecule has 0 spiro atoms. The molecule has 3 nitrogen and oxygen atoms in total. The standard InChI is InChI=1S/C14H18N2O/c1-2-13(10-17)16-9-12-6-3-5-11-7-4-8-15-14(11)12/h3-8,13,16-17H,2,9-10H2,1H3. The summed E-state index contributed by atoms with van der Waals surface area (Å²) in [6, 6.07) is 10.4. The molecule has 2 aromatic rings. The van der Waals surface area contributed by atoms with Gasteiger partial charge in [0.1, 0.15) is 0 Å². The van der Waals surface area contributed by atoms with E-state index in [1.165, 1.54) is 5.56 Å². The maximum absolute atomic E-state index is 9.14. The third kappa shape index (κ3) is 2.81. The summed E-state index contributed by atoms with van der Waals surface area (Å²) in [6.45, 7) is 2.98. The Bertz CT molecular complexity index is 475. The number of aromatic nitrogens is 1. The minimum atomic E-state index is 0.161. The predicted molar refractivity (Wildman–Crippen MR) is 69.7 cm³/mol. The van der Waals surface area contributed by atoms with E-state index in [0.29, 0.717) is 0 Å². The maximum atomic E-state index is 9.14. The fraction of sp³-hybridized carbons (Fsp3) is 0.357. The first-order valence-corrected chi connectivity index (χ1v) is 6.02. The van der Waals surface area contributed by atoms with E-state index in [1.807, 2.05) is 18.3 Å². The van der Waals surface area contributed by atoms with E-state index in [4.69, 9.17) is 5.11 Å². The summed E-state index contributed by atoms with van der Waals surface area (Å²) in [5.41, 5.74) is 2.21. The number of fused-ring (bicyclic) bond motifs is 1. The van der Waals surface area contributed by atoms with E-state index < -0.39 is 0 Å². The van der Waals surface area contributed by atoms with Gasteiger partial charge in [0.25, 0.3) is 0 Å². The number of pyridine rings is 1. The summed E-state index contributed by atoms with van der Waals surface area (Å²) in [5.74, 6) is 0. The van der Waals surface area contributed by atoms with E-state index in [-0.39, 0.29) is 12.6 Å². The lowest BCUT2D eigenvalue weighted by Crippen LogP contribution is -2.31. The normalized spacial score (nSPS) is 12.8. The molecular weight excluding hydrogens is 212 g/mol. The summed E-state index contributed by atoms with van der Waals surface area (Å²) in [4.78, 5) is 4.41. The van der Waals surface area contributed by atoms with Gasteiger partial charge in [-0.1, -0.05) is 31.2 Å². The maximum Gasteiger partial charge on any atom is 0.0746 e. The largest absolute Gasteiger partial charge is 0.395 e. The van der Waals surface area contributed by atoms with Gasteiger partial charge in [0.05, 0.1) is 12.1 Å². The van der Waals surface area contributed by atoms with Gasteiger partial charge in [0.15, 0.2) is 0 Å². The van der Waals surface area contributed by atoms with Gasteiger partial charge in [-0.05, 0) is 18.1 Å². The first kappa shape index (κ1) is 12.0. The van der Waals surface area contributed by atoms with Crippen LogP contribution in [-0.4, -0.2) is 22.7 Å². The second-order valence-corrected chi connectivity index (χ2v) is 4.16. The van der Waals surface area contributed by atoms with Gasteiger partial charge in [-0.3, -0.25) is 4.98 Å². The number of benzene rings is 1. The highest BCUT2D eigenvalue weighted by Gasteiger charge is 2.05. The molecule has 1 unspecified atom stereocenters. The molecule has 0 aliphatic heterocycles. The molecule has 0 aliphatic rings. The summed E-state index contributed by atoms with van der Waals surface area (Å²) in [6.07, 6.45) is 2.74. The average Bonchev–Trinajstić information content (AvgIpc) is 2.40. The molecule has 1 aromatic carbocycles. The second-order valence-electron chi connectivity index (χ2n) is 4.16. The molecule has 0 saturated heterocycles. The van der Waals surface area contributed by atoms with Crippen LogP contribution in [-0.2, 0) is 6.54 Å². The minimum absolute atomic E-state index is 0.161. The van der Waals surface area contributed by atoms with Crippen molar-refractivity contribution in [1.82, 2.24) is 10.3 Å². The number of hydrogen-bond donors (Lipinski definition) is 2. The Balaban J connectivity index is 2.18. The molecule has 3 heteroatoms. The molecule has 1 heterocycles. The second kappa shape index (κ2) is 5.75. The summed E-state index contributed by atoms with van der Waals surface area (Å²) < 4.78 is 0. The number of aliphatic hydroxyl groups is 1. The molecule has 1 aromatic heterocycles. The highest BCUT2D eigenvalue weighted by molar-refractivity contribution is 5.81. The molecule has 0 radical (unpaired) electrons. The van der Waals surface area contributed by atoms with Crippen molar-refractivity contribution in [2.45, 2.75) is 25.9 Å². The zero-order valence-corrected chi connectivity index (χ0v) is 10.1. The van der Waals surface area contributed by atoms with Crippen molar-refractivity contribution in [1.29, 1.82) is 0 Å². The quantitative estimate of drug-likeness (QED) is 0.826. The molecule has 0 fully saturated rings. The predicted octanol–water partition coefficient (Wildman–Crippen LogP) is 2.10. The first-order chi connectivity index (χ1) is 8.35. The van der Waals surface area contributed by atoms with Crippen LogP contribution in [0, 0.1) is 0 Å². The molecule has 0 saturated carbocycles. The lowest BCUT2D eigenvalue weighted by atomic mass is 10.1. The highest BCUT2D eigenvalue weighted by Crippen LogP contribution is 2.15. The zero-order chi connectivity index (χ0) is 12.1. The van der Waals surface area contributed by atoms with Crippen LogP contribution in [0.4, 0.5) is 0 Å². The summed E-state index contributed by atoms with van der Waals surface area (Å²) in [5, 5.41) is 13.6. The Morgan fingerprint density at radius 1 is 1.29 bits per heavy atom. The molecule has 1 atom stereocenters. The van der Waals surface area contributed by atoms with Crippen LogP contribution < -0.4 is 5.32 Å². The fourth-order valence-electron chi connectivity index (χ4n) is 1.90. The van der Waals surface area contributed by atoms with Gasteiger partial charge >= 0.3 is 0 Å². The van der Waals surface area contributed by atoms with Crippen LogP contribution in [0.1, 0.15) is 18.9 Å².